The first-order valence-corrected chi connectivity index (χ1v) is 8.92. The lowest BCUT2D eigenvalue weighted by Gasteiger charge is -2.40. The van der Waals surface area contributed by atoms with Gasteiger partial charge in [0.05, 0.1) is 23.3 Å². The summed E-state index contributed by atoms with van der Waals surface area (Å²) in [5, 5.41) is 6.41. The Morgan fingerprint density at radius 1 is 1.35 bits per heavy atom. The van der Waals surface area contributed by atoms with E-state index in [0.29, 0.717) is 19.1 Å². The van der Waals surface area contributed by atoms with Gasteiger partial charge >= 0.3 is 6.03 Å². The van der Waals surface area contributed by atoms with E-state index in [2.05, 4.69) is 15.6 Å². The maximum atomic E-state index is 12.2. The maximum absolute atomic E-state index is 12.2. The van der Waals surface area contributed by atoms with E-state index in [1.807, 2.05) is 28.6 Å². The molecule has 0 saturated carbocycles. The molecule has 2 aliphatic heterocycles. The molecule has 23 heavy (non-hydrogen) atoms. The number of nitrogens with one attached hydrogen (secondary N) is 2. The molecule has 122 valence electrons. The van der Waals surface area contributed by atoms with Crippen molar-refractivity contribution in [3.8, 4) is 5.75 Å². The topological polar surface area (TPSA) is 66.5 Å². The number of fused-ring (bicyclic) bond motifs is 1. The van der Waals surface area contributed by atoms with Crippen LogP contribution in [0, 0.1) is 0 Å². The zero-order valence-electron chi connectivity index (χ0n) is 12.8. The molecule has 3 heterocycles. The van der Waals surface area contributed by atoms with Crippen LogP contribution in [0.1, 0.15) is 12.8 Å². The Kier molecular flexibility index (Phi) is 4.05. The maximum Gasteiger partial charge on any atom is 0.317 e. The predicted molar refractivity (Wildman–Crippen MR) is 90.0 cm³/mol. The quantitative estimate of drug-likeness (QED) is 0.900. The zero-order chi connectivity index (χ0) is 15.6. The molecule has 2 amide bonds. The predicted octanol–water partition coefficient (Wildman–Crippen LogP) is 1.82. The second kappa shape index (κ2) is 6.33. The summed E-state index contributed by atoms with van der Waals surface area (Å²) in [5.41, 5.74) is 2.74. The summed E-state index contributed by atoms with van der Waals surface area (Å²) in [6.45, 7) is 3.23. The van der Waals surface area contributed by atoms with Gasteiger partial charge in [-0.25, -0.2) is 9.78 Å². The Morgan fingerprint density at radius 2 is 2.17 bits per heavy atom. The van der Waals surface area contributed by atoms with Crippen molar-refractivity contribution in [3.05, 3.63) is 23.7 Å². The molecule has 2 aliphatic rings. The van der Waals surface area contributed by atoms with Crippen molar-refractivity contribution in [3.63, 3.8) is 0 Å². The van der Waals surface area contributed by atoms with Crippen LogP contribution in [-0.2, 0) is 0 Å². The number of likely N-dealkylation sites (tertiary alicyclic amines) is 1. The van der Waals surface area contributed by atoms with Gasteiger partial charge in [0, 0.05) is 6.04 Å². The Labute approximate surface area is 138 Å². The molecule has 0 unspecified atom stereocenters. The lowest BCUT2D eigenvalue weighted by molar-refractivity contribution is 0.0439. The van der Waals surface area contributed by atoms with Gasteiger partial charge in [-0.1, -0.05) is 6.07 Å². The number of urea groups is 1. The minimum atomic E-state index is 0.0311. The first-order valence-electron chi connectivity index (χ1n) is 8.04. The van der Waals surface area contributed by atoms with E-state index in [-0.39, 0.29) is 12.1 Å². The summed E-state index contributed by atoms with van der Waals surface area (Å²) in [6.07, 6.45) is 2.07. The molecule has 2 fully saturated rings. The first kappa shape index (κ1) is 14.7. The van der Waals surface area contributed by atoms with Gasteiger partial charge in [0.15, 0.2) is 0 Å². The van der Waals surface area contributed by atoms with Gasteiger partial charge in [-0.3, -0.25) is 0 Å². The number of hydrogen-bond donors (Lipinski definition) is 2. The number of carbonyl (C=O) groups excluding carboxylic acids is 1. The Bertz CT molecular complexity index is 692. The number of aromatic nitrogens is 1. The van der Waals surface area contributed by atoms with Crippen LogP contribution in [0.15, 0.2) is 23.7 Å². The zero-order valence-corrected chi connectivity index (χ0v) is 13.6. The molecule has 2 saturated heterocycles. The van der Waals surface area contributed by atoms with Crippen LogP contribution >= 0.6 is 11.3 Å². The third kappa shape index (κ3) is 3.11. The molecular weight excluding hydrogens is 312 g/mol. The van der Waals surface area contributed by atoms with Gasteiger partial charge < -0.3 is 20.3 Å². The fraction of sp³-hybridized carbons (Fsp3) is 0.500. The van der Waals surface area contributed by atoms with Crippen LogP contribution < -0.4 is 15.4 Å². The van der Waals surface area contributed by atoms with Gasteiger partial charge in [-0.15, -0.1) is 11.3 Å². The molecule has 2 aromatic rings. The summed E-state index contributed by atoms with van der Waals surface area (Å²) in [6, 6.07) is 6.30. The number of para-hydroxylation sites is 1. The Morgan fingerprint density at radius 3 is 3.00 bits per heavy atom. The molecule has 0 atom stereocenters. The number of hydrogen-bond acceptors (Lipinski definition) is 5. The van der Waals surface area contributed by atoms with Gasteiger partial charge in [0.2, 0.25) is 0 Å². The summed E-state index contributed by atoms with van der Waals surface area (Å²) in [5.74, 6) is 0.812. The highest BCUT2D eigenvalue weighted by Crippen LogP contribution is 2.29. The second-order valence-corrected chi connectivity index (χ2v) is 6.96. The Hall–Kier alpha value is -1.86. The van der Waals surface area contributed by atoms with Crippen LogP contribution in [-0.4, -0.2) is 54.2 Å². The van der Waals surface area contributed by atoms with Crippen LogP contribution in [0.5, 0.6) is 5.75 Å². The lowest BCUT2D eigenvalue weighted by Crippen LogP contribution is -2.60. The normalized spacial score (nSPS) is 19.6. The van der Waals surface area contributed by atoms with Crippen molar-refractivity contribution in [2.24, 2.45) is 0 Å². The van der Waals surface area contributed by atoms with Crippen LogP contribution in [0.3, 0.4) is 0 Å². The number of nitrogens with zero attached hydrogens (tertiary/aromatic N) is 2. The van der Waals surface area contributed by atoms with Crippen LogP contribution in [0.4, 0.5) is 4.79 Å². The van der Waals surface area contributed by atoms with E-state index in [4.69, 9.17) is 4.74 Å². The van der Waals surface area contributed by atoms with Crippen LogP contribution in [0.2, 0.25) is 0 Å². The lowest BCUT2D eigenvalue weighted by atomic mass is 10.1. The van der Waals surface area contributed by atoms with E-state index >= 15 is 0 Å². The molecule has 0 radical (unpaired) electrons. The van der Waals surface area contributed by atoms with Crippen molar-refractivity contribution < 1.29 is 9.53 Å². The van der Waals surface area contributed by atoms with Crippen molar-refractivity contribution in [1.82, 2.24) is 20.5 Å². The third-order valence-electron chi connectivity index (χ3n) is 4.42. The average molecular weight is 332 g/mol. The summed E-state index contributed by atoms with van der Waals surface area (Å²) in [7, 11) is 0. The number of benzene rings is 1. The molecule has 2 N–H and O–H groups in total. The van der Waals surface area contributed by atoms with Gasteiger partial charge in [0.1, 0.15) is 17.4 Å². The number of thiazole rings is 1. The van der Waals surface area contributed by atoms with E-state index < -0.39 is 0 Å². The highest BCUT2D eigenvalue weighted by atomic mass is 32.1. The van der Waals surface area contributed by atoms with Crippen molar-refractivity contribution in [2.75, 3.05) is 26.2 Å². The van der Waals surface area contributed by atoms with Gasteiger partial charge in [-0.05, 0) is 38.1 Å². The average Bonchev–Trinajstić information content (AvgIpc) is 3.00. The molecule has 7 heteroatoms. The van der Waals surface area contributed by atoms with E-state index in [0.717, 1.165) is 41.9 Å². The summed E-state index contributed by atoms with van der Waals surface area (Å²) in [4.78, 5) is 18.4. The number of amides is 2. The third-order valence-corrected chi connectivity index (χ3v) is 5.21. The highest BCUT2D eigenvalue weighted by molar-refractivity contribution is 7.16. The monoisotopic (exact) mass is 332 g/mol. The second-order valence-electron chi connectivity index (χ2n) is 6.07. The number of ether oxygens (including phenoxy) is 1. The summed E-state index contributed by atoms with van der Waals surface area (Å²) >= 11 is 1.61. The van der Waals surface area contributed by atoms with Gasteiger partial charge in [-0.2, -0.15) is 0 Å². The minimum Gasteiger partial charge on any atom is -0.484 e. The van der Waals surface area contributed by atoms with Crippen molar-refractivity contribution in [1.29, 1.82) is 0 Å². The standard InChI is InChI=1S/C16H20N4O2S/c21-16(19-11-4-6-17-7-5-11)20-8-12(9-20)22-13-2-1-3-14-15(13)18-10-23-14/h1-3,10-12,17H,4-9H2,(H,19,21). The number of carbonyl (C=O) groups is 1. The smallest absolute Gasteiger partial charge is 0.317 e. The van der Waals surface area contributed by atoms with E-state index in [1.165, 1.54) is 0 Å². The van der Waals surface area contributed by atoms with Gasteiger partial charge in [0.25, 0.3) is 0 Å². The summed E-state index contributed by atoms with van der Waals surface area (Å²) < 4.78 is 7.13. The van der Waals surface area contributed by atoms with E-state index in [1.54, 1.807) is 11.3 Å². The number of piperidine rings is 1. The largest absolute Gasteiger partial charge is 0.484 e. The molecular formula is C16H20N4O2S. The van der Waals surface area contributed by atoms with Crippen molar-refractivity contribution in [2.45, 2.75) is 25.0 Å². The van der Waals surface area contributed by atoms with Crippen molar-refractivity contribution >= 4 is 27.6 Å². The molecule has 1 aromatic heterocycles. The van der Waals surface area contributed by atoms with E-state index in [9.17, 15) is 4.79 Å². The van der Waals surface area contributed by atoms with Crippen LogP contribution in [0.25, 0.3) is 10.2 Å². The fourth-order valence-corrected chi connectivity index (χ4v) is 3.74. The fourth-order valence-electron chi connectivity index (χ4n) is 3.05. The Balaban J connectivity index is 1.29. The molecule has 0 aliphatic carbocycles. The first-order chi connectivity index (χ1) is 11.3. The minimum absolute atomic E-state index is 0.0311. The number of rotatable bonds is 3. The molecule has 6 nitrogen and oxygen atoms in total. The molecule has 4 rings (SSSR count). The molecule has 1 aromatic carbocycles. The SMILES string of the molecule is O=C(NC1CCNCC1)N1CC(Oc2cccc3scnc23)C1. The highest BCUT2D eigenvalue weighted by Gasteiger charge is 2.33. The molecule has 0 bridgehead atoms. The molecule has 0 spiro atoms.